The summed E-state index contributed by atoms with van der Waals surface area (Å²) in [6.07, 6.45) is 0.508. The molecule has 70 valence electrons. The first-order chi connectivity index (χ1) is 6.13. The largest absolute Gasteiger partial charge is 0.480 e. The number of rotatable bonds is 2. The first kappa shape index (κ1) is 9.96. The highest BCUT2D eigenvalue weighted by Gasteiger charge is 2.07. The second kappa shape index (κ2) is 4.21. The fraction of sp³-hybridized carbons (Fsp3) is 0.167. The van der Waals surface area contributed by atoms with Gasteiger partial charge in [-0.2, -0.15) is 4.98 Å². The van der Waals surface area contributed by atoms with Crippen LogP contribution in [0.3, 0.4) is 0 Å². The monoisotopic (exact) mass is 295 g/mol. The van der Waals surface area contributed by atoms with Crippen LogP contribution in [0.2, 0.25) is 0 Å². The van der Waals surface area contributed by atoms with E-state index in [0.29, 0.717) is 5.88 Å². The summed E-state index contributed by atoms with van der Waals surface area (Å²) in [5.41, 5.74) is 4.77. The Morgan fingerprint density at radius 3 is 2.92 bits per heavy atom. The molecule has 0 bridgehead atoms. The Morgan fingerprint density at radius 1 is 1.69 bits per heavy atom. The van der Waals surface area contributed by atoms with E-state index in [2.05, 4.69) is 14.7 Å². The van der Waals surface area contributed by atoms with Gasteiger partial charge in [-0.25, -0.2) is 9.78 Å². The minimum atomic E-state index is -0.955. The van der Waals surface area contributed by atoms with E-state index in [1.165, 1.54) is 13.3 Å². The van der Waals surface area contributed by atoms with Gasteiger partial charge in [-0.05, 0) is 22.6 Å². The lowest BCUT2D eigenvalue weighted by atomic mass is 10.6. The fourth-order valence-corrected chi connectivity index (χ4v) is 1.10. The molecular formula is C6H6IN3O3. The highest BCUT2D eigenvalue weighted by molar-refractivity contribution is 14.1. The summed E-state index contributed by atoms with van der Waals surface area (Å²) >= 11 is 1.99. The zero-order chi connectivity index (χ0) is 9.84. The quantitative estimate of drug-likeness (QED) is 0.805. The van der Waals surface area contributed by atoms with E-state index < -0.39 is 6.09 Å². The molecule has 0 atom stereocenters. The summed E-state index contributed by atoms with van der Waals surface area (Å²) in [7, 11) is 1.46. The third kappa shape index (κ3) is 2.68. The number of primary amides is 1. The van der Waals surface area contributed by atoms with Gasteiger partial charge in [0.15, 0.2) is 0 Å². The Hall–Kier alpha value is -1.12. The van der Waals surface area contributed by atoms with Crippen LogP contribution in [-0.2, 0) is 0 Å². The van der Waals surface area contributed by atoms with Crippen molar-refractivity contribution < 1.29 is 14.3 Å². The van der Waals surface area contributed by atoms with Gasteiger partial charge in [-0.3, -0.25) is 0 Å². The average molecular weight is 295 g/mol. The number of methoxy groups -OCH3 is 1. The minimum absolute atomic E-state index is 0.121. The van der Waals surface area contributed by atoms with E-state index in [1.807, 2.05) is 22.6 Å². The summed E-state index contributed by atoms with van der Waals surface area (Å²) in [4.78, 5) is 17.8. The van der Waals surface area contributed by atoms with Crippen LogP contribution >= 0.6 is 22.6 Å². The molecule has 0 unspecified atom stereocenters. The lowest BCUT2D eigenvalue weighted by Gasteiger charge is -2.02. The van der Waals surface area contributed by atoms with E-state index in [0.717, 1.165) is 3.57 Å². The summed E-state index contributed by atoms with van der Waals surface area (Å²) in [5.74, 6) is 0.340. The standard InChI is InChI=1S/C6H6IN3O3/c1-12-4-3(7)2-9-6(10-4)13-5(8)11/h2H,1H3,(H2,8,11). The first-order valence-corrected chi connectivity index (χ1v) is 4.25. The SMILES string of the molecule is COc1nc(OC(N)=O)ncc1I. The van der Waals surface area contributed by atoms with Gasteiger partial charge in [0.05, 0.1) is 16.9 Å². The molecule has 1 amide bonds. The molecule has 0 aromatic carbocycles. The van der Waals surface area contributed by atoms with Crippen molar-refractivity contribution in [1.29, 1.82) is 0 Å². The number of hydrogen-bond donors (Lipinski definition) is 1. The van der Waals surface area contributed by atoms with Crippen LogP contribution in [-0.4, -0.2) is 23.2 Å². The van der Waals surface area contributed by atoms with Gasteiger partial charge in [0.25, 0.3) is 0 Å². The molecule has 2 N–H and O–H groups in total. The van der Waals surface area contributed by atoms with E-state index in [4.69, 9.17) is 10.5 Å². The van der Waals surface area contributed by atoms with Crippen LogP contribution in [0.1, 0.15) is 0 Å². The molecule has 1 heterocycles. The zero-order valence-corrected chi connectivity index (χ0v) is 8.81. The summed E-state index contributed by atoms with van der Waals surface area (Å²) < 4.78 is 10.0. The summed E-state index contributed by atoms with van der Waals surface area (Å²) in [5, 5.41) is 0. The molecule has 13 heavy (non-hydrogen) atoms. The van der Waals surface area contributed by atoms with Crippen molar-refractivity contribution in [3.05, 3.63) is 9.77 Å². The molecule has 0 spiro atoms. The smallest absolute Gasteiger partial charge is 0.412 e. The summed E-state index contributed by atoms with van der Waals surface area (Å²) in [6.45, 7) is 0. The lowest BCUT2D eigenvalue weighted by molar-refractivity contribution is 0.206. The molecule has 0 aliphatic rings. The van der Waals surface area contributed by atoms with Crippen LogP contribution in [0.5, 0.6) is 11.9 Å². The molecule has 1 aromatic rings. The third-order valence-corrected chi connectivity index (χ3v) is 1.82. The molecule has 7 heteroatoms. The Morgan fingerprint density at radius 2 is 2.38 bits per heavy atom. The Kier molecular flexibility index (Phi) is 3.23. The molecule has 0 radical (unpaired) electrons. The molecule has 1 rings (SSSR count). The van der Waals surface area contributed by atoms with Crippen LogP contribution in [0.4, 0.5) is 4.79 Å². The molecule has 6 nitrogen and oxygen atoms in total. The maximum absolute atomic E-state index is 10.3. The lowest BCUT2D eigenvalue weighted by Crippen LogP contribution is -2.17. The number of amides is 1. The highest BCUT2D eigenvalue weighted by atomic mass is 127. The maximum atomic E-state index is 10.3. The van der Waals surface area contributed by atoms with Crippen LogP contribution < -0.4 is 15.2 Å². The van der Waals surface area contributed by atoms with Crippen molar-refractivity contribution in [2.24, 2.45) is 5.73 Å². The molecule has 0 saturated heterocycles. The topological polar surface area (TPSA) is 87.3 Å². The van der Waals surface area contributed by atoms with Gasteiger partial charge >= 0.3 is 12.1 Å². The maximum Gasteiger partial charge on any atom is 0.412 e. The number of nitrogens with two attached hydrogens (primary N) is 1. The normalized spacial score (nSPS) is 9.38. The van der Waals surface area contributed by atoms with Gasteiger partial charge in [-0.15, -0.1) is 0 Å². The van der Waals surface area contributed by atoms with Crippen molar-refractivity contribution in [2.45, 2.75) is 0 Å². The van der Waals surface area contributed by atoms with Crippen LogP contribution in [0.15, 0.2) is 6.20 Å². The van der Waals surface area contributed by atoms with E-state index in [-0.39, 0.29) is 6.01 Å². The van der Waals surface area contributed by atoms with E-state index >= 15 is 0 Å². The first-order valence-electron chi connectivity index (χ1n) is 3.17. The van der Waals surface area contributed by atoms with Crippen molar-refractivity contribution in [2.75, 3.05) is 7.11 Å². The second-order valence-electron chi connectivity index (χ2n) is 1.93. The molecular weight excluding hydrogens is 289 g/mol. The Labute approximate surface area is 87.6 Å². The van der Waals surface area contributed by atoms with Gasteiger partial charge in [0, 0.05) is 0 Å². The number of nitrogens with zero attached hydrogens (tertiary/aromatic N) is 2. The minimum Gasteiger partial charge on any atom is -0.480 e. The van der Waals surface area contributed by atoms with E-state index in [9.17, 15) is 4.79 Å². The van der Waals surface area contributed by atoms with Crippen molar-refractivity contribution in [1.82, 2.24) is 9.97 Å². The second-order valence-corrected chi connectivity index (χ2v) is 3.09. The predicted octanol–water partition coefficient (Wildman–Crippen LogP) is 0.547. The molecule has 1 aromatic heterocycles. The number of aromatic nitrogens is 2. The number of hydrogen-bond acceptors (Lipinski definition) is 5. The number of carbonyl (C=O) groups excluding carboxylic acids is 1. The van der Waals surface area contributed by atoms with E-state index in [1.54, 1.807) is 0 Å². The Bertz CT molecular complexity index is 331. The van der Waals surface area contributed by atoms with Crippen molar-refractivity contribution in [3.63, 3.8) is 0 Å². The summed E-state index contributed by atoms with van der Waals surface area (Å²) in [6, 6.07) is -0.121. The Balaban J connectivity index is 2.92. The zero-order valence-electron chi connectivity index (χ0n) is 6.65. The number of carbonyl (C=O) groups is 1. The molecule has 0 saturated carbocycles. The highest BCUT2D eigenvalue weighted by Crippen LogP contribution is 2.18. The molecule has 0 fully saturated rings. The third-order valence-electron chi connectivity index (χ3n) is 1.08. The van der Waals surface area contributed by atoms with Crippen LogP contribution in [0, 0.1) is 3.57 Å². The molecule has 0 aliphatic heterocycles. The number of ether oxygens (including phenoxy) is 2. The van der Waals surface area contributed by atoms with Gasteiger partial charge in [0.1, 0.15) is 0 Å². The van der Waals surface area contributed by atoms with Crippen molar-refractivity contribution in [3.8, 4) is 11.9 Å². The van der Waals surface area contributed by atoms with Gasteiger partial charge in [-0.1, -0.05) is 0 Å². The number of halogens is 1. The van der Waals surface area contributed by atoms with Crippen molar-refractivity contribution >= 4 is 28.7 Å². The van der Waals surface area contributed by atoms with Gasteiger partial charge in [0.2, 0.25) is 5.88 Å². The molecule has 0 aliphatic carbocycles. The average Bonchev–Trinajstić information content (AvgIpc) is 2.07. The van der Waals surface area contributed by atoms with Crippen LogP contribution in [0.25, 0.3) is 0 Å². The van der Waals surface area contributed by atoms with Gasteiger partial charge < -0.3 is 15.2 Å². The predicted molar refractivity (Wildman–Crippen MR) is 51.5 cm³/mol. The fourth-order valence-electron chi connectivity index (χ4n) is 0.619.